The summed E-state index contributed by atoms with van der Waals surface area (Å²) in [6.07, 6.45) is 5.56. The molecule has 0 aromatic heterocycles. The molecule has 2 amide bonds. The van der Waals surface area contributed by atoms with Gasteiger partial charge in [0.1, 0.15) is 11.8 Å². The van der Waals surface area contributed by atoms with Crippen molar-refractivity contribution in [3.63, 3.8) is 0 Å². The maximum atomic E-state index is 13.0. The molecule has 1 aliphatic carbocycles. The normalized spacial score (nSPS) is 15.3. The Morgan fingerprint density at radius 3 is 2.37 bits per heavy atom. The minimum Gasteiger partial charge on any atom is -0.484 e. The minimum atomic E-state index is -0.568. The van der Waals surface area contributed by atoms with Crippen molar-refractivity contribution in [2.75, 3.05) is 6.61 Å². The zero-order valence-corrected chi connectivity index (χ0v) is 18.0. The Bertz CT molecular complexity index is 814. The molecule has 5 nitrogen and oxygen atoms in total. The van der Waals surface area contributed by atoms with Crippen LogP contribution in [-0.4, -0.2) is 35.4 Å². The lowest BCUT2D eigenvalue weighted by atomic mass is 9.95. The monoisotopic (exact) mass is 408 g/mol. The van der Waals surface area contributed by atoms with Gasteiger partial charge in [0.05, 0.1) is 0 Å². The Labute approximate surface area is 179 Å². The summed E-state index contributed by atoms with van der Waals surface area (Å²) in [4.78, 5) is 27.6. The molecule has 0 heterocycles. The van der Waals surface area contributed by atoms with Crippen LogP contribution in [0.15, 0.2) is 54.6 Å². The van der Waals surface area contributed by atoms with Crippen molar-refractivity contribution in [2.45, 2.75) is 64.6 Å². The minimum absolute atomic E-state index is 0.0958. The Hall–Kier alpha value is -2.82. The molecule has 30 heavy (non-hydrogen) atoms. The molecule has 0 aliphatic heterocycles. The number of carbonyl (C=O) groups is 2. The molecule has 1 N–H and O–H groups in total. The summed E-state index contributed by atoms with van der Waals surface area (Å²) >= 11 is 0. The summed E-state index contributed by atoms with van der Waals surface area (Å²) < 4.78 is 5.70. The molecule has 0 saturated heterocycles. The molecule has 1 aliphatic rings. The highest BCUT2D eigenvalue weighted by Crippen LogP contribution is 2.18. The predicted octanol–water partition coefficient (Wildman–Crippen LogP) is 4.24. The van der Waals surface area contributed by atoms with E-state index in [0.717, 1.165) is 36.8 Å². The van der Waals surface area contributed by atoms with E-state index in [4.69, 9.17) is 4.74 Å². The summed E-state index contributed by atoms with van der Waals surface area (Å²) in [6.45, 7) is 4.07. The molecule has 160 valence electrons. The maximum absolute atomic E-state index is 13.0. The molecule has 3 rings (SSSR count). The van der Waals surface area contributed by atoms with Crippen molar-refractivity contribution in [3.8, 4) is 5.75 Å². The second kappa shape index (κ2) is 10.8. The average molecular weight is 409 g/mol. The fourth-order valence-corrected chi connectivity index (χ4v) is 3.79. The summed E-state index contributed by atoms with van der Waals surface area (Å²) in [5.41, 5.74) is 2.12. The number of rotatable bonds is 8. The molecule has 5 heteroatoms. The van der Waals surface area contributed by atoms with Gasteiger partial charge in [0.2, 0.25) is 5.91 Å². The first-order valence-electron chi connectivity index (χ1n) is 10.9. The third-order valence-electron chi connectivity index (χ3n) is 5.70. The van der Waals surface area contributed by atoms with E-state index < -0.39 is 6.04 Å². The van der Waals surface area contributed by atoms with Crippen LogP contribution in [0.2, 0.25) is 0 Å². The lowest BCUT2D eigenvalue weighted by molar-refractivity contribution is -0.142. The largest absolute Gasteiger partial charge is 0.484 e. The van der Waals surface area contributed by atoms with Crippen molar-refractivity contribution >= 4 is 11.8 Å². The number of amides is 2. The number of nitrogens with one attached hydrogen (secondary N) is 1. The van der Waals surface area contributed by atoms with Crippen LogP contribution in [0.3, 0.4) is 0 Å². The topological polar surface area (TPSA) is 58.6 Å². The number of ether oxygens (including phenoxy) is 1. The third kappa shape index (κ3) is 6.34. The lowest BCUT2D eigenvalue weighted by Crippen LogP contribution is -2.51. The zero-order chi connectivity index (χ0) is 21.3. The molecule has 2 aromatic rings. The van der Waals surface area contributed by atoms with Gasteiger partial charge in [-0.05, 0) is 44.4 Å². The lowest BCUT2D eigenvalue weighted by Gasteiger charge is -2.31. The number of carbonyl (C=O) groups excluding carboxylic acids is 2. The second-order valence-electron chi connectivity index (χ2n) is 8.13. The summed E-state index contributed by atoms with van der Waals surface area (Å²) in [7, 11) is 0. The molecule has 0 radical (unpaired) electrons. The first-order valence-corrected chi connectivity index (χ1v) is 10.9. The van der Waals surface area contributed by atoms with Crippen LogP contribution in [0.25, 0.3) is 0 Å². The molecular weight excluding hydrogens is 376 g/mol. The molecule has 0 bridgehead atoms. The van der Waals surface area contributed by atoms with Gasteiger partial charge in [0.25, 0.3) is 5.91 Å². The number of hydrogen-bond acceptors (Lipinski definition) is 3. The van der Waals surface area contributed by atoms with Crippen molar-refractivity contribution in [2.24, 2.45) is 0 Å². The van der Waals surface area contributed by atoms with Gasteiger partial charge >= 0.3 is 0 Å². The number of aryl methyl sites for hydroxylation is 1. The first-order chi connectivity index (χ1) is 14.5. The molecule has 1 fully saturated rings. The van der Waals surface area contributed by atoms with Crippen LogP contribution in [0.1, 0.15) is 50.2 Å². The second-order valence-corrected chi connectivity index (χ2v) is 8.13. The van der Waals surface area contributed by atoms with Gasteiger partial charge in [-0.1, -0.05) is 67.3 Å². The Morgan fingerprint density at radius 2 is 1.70 bits per heavy atom. The molecule has 2 aromatic carbocycles. The zero-order valence-electron chi connectivity index (χ0n) is 18.0. The SMILES string of the molecule is Cc1ccc(OCC(=O)N(Cc2ccccc2)C(C)C(=O)NC2CCCCC2)cc1. The summed E-state index contributed by atoms with van der Waals surface area (Å²) in [5.74, 6) is 0.347. The fraction of sp³-hybridized carbons (Fsp3) is 0.440. The van der Waals surface area contributed by atoms with E-state index in [1.165, 1.54) is 6.42 Å². The van der Waals surface area contributed by atoms with E-state index >= 15 is 0 Å². The van der Waals surface area contributed by atoms with Gasteiger partial charge in [0, 0.05) is 12.6 Å². The van der Waals surface area contributed by atoms with Gasteiger partial charge in [-0.2, -0.15) is 0 Å². The van der Waals surface area contributed by atoms with Gasteiger partial charge in [-0.15, -0.1) is 0 Å². The number of hydrogen-bond donors (Lipinski definition) is 1. The highest BCUT2D eigenvalue weighted by molar-refractivity contribution is 5.88. The van der Waals surface area contributed by atoms with E-state index in [0.29, 0.717) is 12.3 Å². The molecule has 1 unspecified atom stereocenters. The highest BCUT2D eigenvalue weighted by Gasteiger charge is 2.28. The van der Waals surface area contributed by atoms with E-state index in [1.807, 2.05) is 61.5 Å². The maximum Gasteiger partial charge on any atom is 0.261 e. The first kappa shape index (κ1) is 21.9. The van der Waals surface area contributed by atoms with Crippen molar-refractivity contribution < 1.29 is 14.3 Å². The van der Waals surface area contributed by atoms with Crippen LogP contribution >= 0.6 is 0 Å². The van der Waals surface area contributed by atoms with Gasteiger partial charge in [-0.25, -0.2) is 0 Å². The van der Waals surface area contributed by atoms with Gasteiger partial charge in [-0.3, -0.25) is 9.59 Å². The number of benzene rings is 2. The Morgan fingerprint density at radius 1 is 1.03 bits per heavy atom. The summed E-state index contributed by atoms with van der Waals surface area (Å²) in [5, 5.41) is 3.15. The predicted molar refractivity (Wildman–Crippen MR) is 118 cm³/mol. The van der Waals surface area contributed by atoms with Crippen molar-refractivity contribution in [1.29, 1.82) is 0 Å². The number of nitrogens with zero attached hydrogens (tertiary/aromatic N) is 1. The van der Waals surface area contributed by atoms with Gasteiger partial charge in [0.15, 0.2) is 6.61 Å². The van der Waals surface area contributed by atoms with Crippen LogP contribution in [0, 0.1) is 6.92 Å². The standard InChI is InChI=1S/C25H32N2O3/c1-19-13-15-23(16-14-19)30-18-24(28)27(17-21-9-5-3-6-10-21)20(2)25(29)26-22-11-7-4-8-12-22/h3,5-6,9-10,13-16,20,22H,4,7-8,11-12,17-18H2,1-2H3,(H,26,29). The summed E-state index contributed by atoms with van der Waals surface area (Å²) in [6, 6.07) is 17.0. The molecule has 1 saturated carbocycles. The van der Waals surface area contributed by atoms with Crippen molar-refractivity contribution in [1.82, 2.24) is 10.2 Å². The fourth-order valence-electron chi connectivity index (χ4n) is 3.79. The van der Waals surface area contributed by atoms with E-state index in [2.05, 4.69) is 5.32 Å². The van der Waals surface area contributed by atoms with Gasteiger partial charge < -0.3 is 15.0 Å². The molecular formula is C25H32N2O3. The smallest absolute Gasteiger partial charge is 0.261 e. The molecule has 1 atom stereocenters. The van der Waals surface area contributed by atoms with Crippen LogP contribution in [-0.2, 0) is 16.1 Å². The van der Waals surface area contributed by atoms with Crippen LogP contribution in [0.5, 0.6) is 5.75 Å². The highest BCUT2D eigenvalue weighted by atomic mass is 16.5. The Balaban J connectivity index is 1.67. The quantitative estimate of drug-likeness (QED) is 0.711. The van der Waals surface area contributed by atoms with Crippen LogP contribution < -0.4 is 10.1 Å². The van der Waals surface area contributed by atoms with Crippen molar-refractivity contribution in [3.05, 3.63) is 65.7 Å². The average Bonchev–Trinajstić information content (AvgIpc) is 2.78. The van der Waals surface area contributed by atoms with E-state index in [-0.39, 0.29) is 24.5 Å². The van der Waals surface area contributed by atoms with E-state index in [9.17, 15) is 9.59 Å². The third-order valence-corrected chi connectivity index (χ3v) is 5.70. The Kier molecular flexibility index (Phi) is 7.89. The van der Waals surface area contributed by atoms with Crippen LogP contribution in [0.4, 0.5) is 0 Å². The van der Waals surface area contributed by atoms with E-state index in [1.54, 1.807) is 11.8 Å². The molecule has 0 spiro atoms.